The van der Waals surface area contributed by atoms with Crippen LogP contribution in [0.25, 0.3) is 0 Å². The van der Waals surface area contributed by atoms with E-state index in [4.69, 9.17) is 20.8 Å². The molecule has 0 saturated carbocycles. The van der Waals surface area contributed by atoms with Gasteiger partial charge in [0.15, 0.2) is 0 Å². The first kappa shape index (κ1) is 16.2. The van der Waals surface area contributed by atoms with E-state index in [1.165, 1.54) is 0 Å². The molecule has 4 N–H and O–H groups in total. The van der Waals surface area contributed by atoms with Crippen molar-refractivity contribution < 1.29 is 15.1 Å². The van der Waals surface area contributed by atoms with Crippen molar-refractivity contribution in [2.24, 2.45) is 16.3 Å². The maximum atomic E-state index is 9.07. The molecule has 1 fully saturated rings. The summed E-state index contributed by atoms with van der Waals surface area (Å²) in [4.78, 5) is 2.32. The summed E-state index contributed by atoms with van der Waals surface area (Å²) in [7, 11) is 0. The molecule has 0 aromatic carbocycles. The zero-order chi connectivity index (χ0) is 14.3. The van der Waals surface area contributed by atoms with Crippen LogP contribution in [-0.4, -0.2) is 60.0 Å². The molecule has 1 atom stereocenters. The van der Waals surface area contributed by atoms with E-state index in [1.807, 2.05) is 13.8 Å². The molecule has 0 aromatic heterocycles. The van der Waals surface area contributed by atoms with Gasteiger partial charge in [-0.1, -0.05) is 25.4 Å². The lowest BCUT2D eigenvalue weighted by molar-refractivity contribution is -0.0530. The van der Waals surface area contributed by atoms with E-state index in [0.717, 1.165) is 38.9 Å². The van der Waals surface area contributed by atoms with Crippen LogP contribution in [-0.2, 0) is 4.74 Å². The highest BCUT2D eigenvalue weighted by atomic mass is 16.5. The van der Waals surface area contributed by atoms with Crippen molar-refractivity contribution in [3.8, 4) is 0 Å². The number of oxime groups is 1. The average Bonchev–Trinajstić information content (AvgIpc) is 2.43. The molecule has 19 heavy (non-hydrogen) atoms. The predicted octanol–water partition coefficient (Wildman–Crippen LogP) is 0.622. The Morgan fingerprint density at radius 1 is 1.47 bits per heavy atom. The van der Waals surface area contributed by atoms with E-state index in [2.05, 4.69) is 10.1 Å². The minimum Gasteiger partial charge on any atom is -0.409 e. The minimum atomic E-state index is -0.257. The minimum absolute atomic E-state index is 0.0395. The largest absolute Gasteiger partial charge is 0.409 e. The molecule has 1 aliphatic rings. The fraction of sp³-hybridized carbons (Fsp3) is 0.923. The Balaban J connectivity index is 2.20. The van der Waals surface area contributed by atoms with Crippen molar-refractivity contribution in [2.75, 3.05) is 32.8 Å². The van der Waals surface area contributed by atoms with Gasteiger partial charge in [-0.25, -0.2) is 0 Å². The molecule has 1 unspecified atom stereocenters. The number of rotatable bonds is 7. The van der Waals surface area contributed by atoms with E-state index in [0.29, 0.717) is 12.4 Å². The van der Waals surface area contributed by atoms with Crippen LogP contribution in [0.2, 0.25) is 0 Å². The van der Waals surface area contributed by atoms with Crippen molar-refractivity contribution in [1.29, 1.82) is 0 Å². The van der Waals surface area contributed by atoms with Crippen LogP contribution in [0.5, 0.6) is 0 Å². The lowest BCUT2D eigenvalue weighted by Crippen LogP contribution is -2.44. The zero-order valence-corrected chi connectivity index (χ0v) is 12.0. The fourth-order valence-electron chi connectivity index (χ4n) is 2.26. The van der Waals surface area contributed by atoms with Crippen molar-refractivity contribution in [3.05, 3.63) is 0 Å². The highest BCUT2D eigenvalue weighted by Crippen LogP contribution is 2.23. The molecule has 6 nitrogen and oxygen atoms in total. The molecule has 1 rings (SSSR count). The number of unbranched alkanes of at least 4 members (excludes halogenated alkanes) is 1. The number of aliphatic hydroxyl groups is 1. The molecule has 0 spiro atoms. The Bertz CT molecular complexity index is 295. The smallest absolute Gasteiger partial charge is 0.144 e. The van der Waals surface area contributed by atoms with Crippen molar-refractivity contribution >= 4 is 5.84 Å². The SMILES string of the molecule is CC(C)(CCCCN1CCOC(CO)C1)C(N)=NO. The molecule has 1 saturated heterocycles. The normalized spacial score (nSPS) is 22.7. The summed E-state index contributed by atoms with van der Waals surface area (Å²) < 4.78 is 5.41. The Hall–Kier alpha value is -0.850. The predicted molar refractivity (Wildman–Crippen MR) is 74.3 cm³/mol. The quantitative estimate of drug-likeness (QED) is 0.208. The molecule has 0 aromatic rings. The summed E-state index contributed by atoms with van der Waals surface area (Å²) in [5.74, 6) is 0.291. The summed E-state index contributed by atoms with van der Waals surface area (Å²) in [6, 6.07) is 0. The van der Waals surface area contributed by atoms with Gasteiger partial charge < -0.3 is 20.8 Å². The molecular weight excluding hydrogens is 246 g/mol. The number of ether oxygens (including phenoxy) is 1. The Morgan fingerprint density at radius 2 is 2.21 bits per heavy atom. The van der Waals surface area contributed by atoms with Crippen LogP contribution in [0, 0.1) is 5.41 Å². The standard InChI is InChI=1S/C13H27N3O3/c1-13(2,12(14)15-18)5-3-4-6-16-7-8-19-11(9-16)10-17/h11,17-18H,3-10H2,1-2H3,(H2,14,15). The monoisotopic (exact) mass is 273 g/mol. The van der Waals surface area contributed by atoms with Gasteiger partial charge in [0.25, 0.3) is 0 Å². The molecule has 0 aliphatic carbocycles. The molecule has 0 radical (unpaired) electrons. The average molecular weight is 273 g/mol. The highest BCUT2D eigenvalue weighted by molar-refractivity contribution is 5.85. The van der Waals surface area contributed by atoms with Crippen molar-refractivity contribution in [1.82, 2.24) is 4.90 Å². The van der Waals surface area contributed by atoms with Crippen LogP contribution < -0.4 is 5.73 Å². The number of hydrogen-bond donors (Lipinski definition) is 3. The van der Waals surface area contributed by atoms with Crippen LogP contribution >= 0.6 is 0 Å². The Labute approximate surface area is 115 Å². The summed E-state index contributed by atoms with van der Waals surface area (Å²) in [5, 5.41) is 20.9. The highest BCUT2D eigenvalue weighted by Gasteiger charge is 2.23. The first-order valence-electron chi connectivity index (χ1n) is 6.92. The second kappa shape index (κ2) is 7.67. The van der Waals surface area contributed by atoms with Crippen molar-refractivity contribution in [3.63, 3.8) is 0 Å². The van der Waals surface area contributed by atoms with Gasteiger partial charge in [0.1, 0.15) is 5.84 Å². The summed E-state index contributed by atoms with van der Waals surface area (Å²) >= 11 is 0. The molecule has 112 valence electrons. The second-order valence-electron chi connectivity index (χ2n) is 5.80. The lowest BCUT2D eigenvalue weighted by Gasteiger charge is -2.32. The van der Waals surface area contributed by atoms with E-state index >= 15 is 0 Å². The van der Waals surface area contributed by atoms with Gasteiger partial charge in [0.2, 0.25) is 0 Å². The molecule has 1 aliphatic heterocycles. The van der Waals surface area contributed by atoms with Crippen LogP contribution in [0.15, 0.2) is 5.16 Å². The number of morpholine rings is 1. The number of nitrogens with two attached hydrogens (primary N) is 1. The third-order valence-corrected chi connectivity index (χ3v) is 3.75. The third kappa shape index (κ3) is 5.34. The van der Waals surface area contributed by atoms with E-state index < -0.39 is 0 Å². The van der Waals surface area contributed by atoms with Gasteiger partial charge in [0, 0.05) is 18.5 Å². The summed E-state index contributed by atoms with van der Waals surface area (Å²) in [6.07, 6.45) is 2.96. The van der Waals surface area contributed by atoms with E-state index in [9.17, 15) is 0 Å². The number of hydrogen-bond acceptors (Lipinski definition) is 5. The van der Waals surface area contributed by atoms with Gasteiger partial charge in [-0.05, 0) is 19.4 Å². The topological polar surface area (TPSA) is 91.3 Å². The Morgan fingerprint density at radius 3 is 2.84 bits per heavy atom. The van der Waals surface area contributed by atoms with Crippen molar-refractivity contribution in [2.45, 2.75) is 39.2 Å². The molecular formula is C13H27N3O3. The maximum Gasteiger partial charge on any atom is 0.144 e. The van der Waals surface area contributed by atoms with Gasteiger partial charge in [-0.3, -0.25) is 4.90 Å². The molecule has 0 amide bonds. The summed E-state index contributed by atoms with van der Waals surface area (Å²) in [5.41, 5.74) is 5.40. The summed E-state index contributed by atoms with van der Waals surface area (Å²) in [6.45, 7) is 7.50. The first-order chi connectivity index (χ1) is 8.99. The van der Waals surface area contributed by atoms with E-state index in [1.54, 1.807) is 0 Å². The maximum absolute atomic E-state index is 9.07. The number of nitrogens with zero attached hydrogens (tertiary/aromatic N) is 2. The zero-order valence-electron chi connectivity index (χ0n) is 12.0. The Kier molecular flexibility index (Phi) is 6.54. The van der Waals surface area contributed by atoms with Crippen LogP contribution in [0.1, 0.15) is 33.1 Å². The first-order valence-corrected chi connectivity index (χ1v) is 6.92. The van der Waals surface area contributed by atoms with E-state index in [-0.39, 0.29) is 18.1 Å². The lowest BCUT2D eigenvalue weighted by atomic mass is 9.86. The third-order valence-electron chi connectivity index (χ3n) is 3.75. The number of aliphatic hydroxyl groups excluding tert-OH is 1. The number of amidine groups is 1. The second-order valence-corrected chi connectivity index (χ2v) is 5.80. The molecule has 1 heterocycles. The van der Waals surface area contributed by atoms with Gasteiger partial charge in [0.05, 0.1) is 19.3 Å². The van der Waals surface area contributed by atoms with Crippen LogP contribution in [0.4, 0.5) is 0 Å². The molecule has 6 heteroatoms. The molecule has 0 bridgehead atoms. The van der Waals surface area contributed by atoms with Gasteiger partial charge in [-0.15, -0.1) is 0 Å². The van der Waals surface area contributed by atoms with Crippen LogP contribution in [0.3, 0.4) is 0 Å². The fourth-order valence-corrected chi connectivity index (χ4v) is 2.26. The van der Waals surface area contributed by atoms with Gasteiger partial charge in [-0.2, -0.15) is 0 Å². The van der Waals surface area contributed by atoms with Gasteiger partial charge >= 0.3 is 0 Å².